The first-order valence-electron chi connectivity index (χ1n) is 6.89. The number of amides is 1. The topological polar surface area (TPSA) is 69.6 Å². The number of fused-ring (bicyclic) bond motifs is 1. The number of aryl methyl sites for hydroxylation is 1. The van der Waals surface area contributed by atoms with Gasteiger partial charge < -0.3 is 13.8 Å². The number of methoxy groups -OCH3 is 1. The maximum atomic E-state index is 14.1. The number of halogens is 1. The molecule has 2 aromatic heterocycles. The Morgan fingerprint density at radius 3 is 3.04 bits per heavy atom. The van der Waals surface area contributed by atoms with Gasteiger partial charge in [0.15, 0.2) is 4.80 Å². The summed E-state index contributed by atoms with van der Waals surface area (Å²) in [6.07, 6.45) is 0. The number of benzene rings is 1. The number of carbonyl (C=O) groups is 1. The molecule has 0 fully saturated rings. The lowest BCUT2D eigenvalue weighted by atomic mass is 10.3. The van der Waals surface area contributed by atoms with Crippen molar-refractivity contribution in [1.82, 2.24) is 9.72 Å². The summed E-state index contributed by atoms with van der Waals surface area (Å²) < 4.78 is 26.5. The molecule has 0 aliphatic heterocycles. The zero-order valence-corrected chi connectivity index (χ0v) is 13.4. The van der Waals surface area contributed by atoms with Crippen LogP contribution in [0.15, 0.2) is 33.8 Å². The van der Waals surface area contributed by atoms with E-state index in [1.54, 1.807) is 30.7 Å². The van der Waals surface area contributed by atoms with Gasteiger partial charge in [-0.2, -0.15) is 4.99 Å². The lowest BCUT2D eigenvalue weighted by molar-refractivity contribution is 0.0962. The van der Waals surface area contributed by atoms with Crippen LogP contribution >= 0.6 is 11.3 Å². The Hall–Kier alpha value is -2.32. The van der Waals surface area contributed by atoms with Crippen molar-refractivity contribution in [3.05, 3.63) is 46.3 Å². The van der Waals surface area contributed by atoms with Gasteiger partial charge in [-0.1, -0.05) is 22.6 Å². The molecule has 3 aromatic rings. The first kappa shape index (κ1) is 15.6. The molecule has 0 saturated heterocycles. The zero-order valence-electron chi connectivity index (χ0n) is 12.6. The third-order valence-corrected chi connectivity index (χ3v) is 4.25. The summed E-state index contributed by atoms with van der Waals surface area (Å²) in [5.74, 6) is -0.860. The fourth-order valence-electron chi connectivity index (χ4n) is 2.17. The van der Waals surface area contributed by atoms with Gasteiger partial charge in [0.2, 0.25) is 5.76 Å². The molecule has 0 N–H and O–H groups in total. The van der Waals surface area contributed by atoms with Crippen LogP contribution in [-0.4, -0.2) is 29.3 Å². The first-order valence-corrected chi connectivity index (χ1v) is 7.71. The summed E-state index contributed by atoms with van der Waals surface area (Å²) in [6.45, 7) is 2.48. The molecule has 1 amide bonds. The number of aromatic nitrogens is 2. The van der Waals surface area contributed by atoms with Crippen LogP contribution in [0.4, 0.5) is 4.39 Å². The molecule has 3 rings (SSSR count). The minimum Gasteiger partial charge on any atom is -0.383 e. The van der Waals surface area contributed by atoms with Crippen molar-refractivity contribution in [2.45, 2.75) is 13.5 Å². The lowest BCUT2D eigenvalue weighted by Gasteiger charge is -2.04. The average Bonchev–Trinajstić information content (AvgIpc) is 3.10. The molecule has 0 aliphatic carbocycles. The van der Waals surface area contributed by atoms with E-state index in [-0.39, 0.29) is 11.6 Å². The van der Waals surface area contributed by atoms with Gasteiger partial charge in [0.05, 0.1) is 22.5 Å². The van der Waals surface area contributed by atoms with Gasteiger partial charge in [0.1, 0.15) is 5.82 Å². The standard InChI is InChI=1S/C15H14FN3O3S/c1-9-8-11(22-18-9)14(20)17-15-19(6-7-21-2)13-10(16)4-3-5-12(13)23-15/h3-5,8H,6-7H2,1-2H3. The van der Waals surface area contributed by atoms with E-state index in [0.29, 0.717) is 33.9 Å². The van der Waals surface area contributed by atoms with E-state index in [1.165, 1.54) is 23.5 Å². The molecule has 0 aliphatic rings. The highest BCUT2D eigenvalue weighted by atomic mass is 32.1. The molecule has 0 saturated carbocycles. The van der Waals surface area contributed by atoms with Gasteiger partial charge in [-0.3, -0.25) is 4.79 Å². The molecule has 1 aromatic carbocycles. The first-order chi connectivity index (χ1) is 11.1. The molecule has 0 radical (unpaired) electrons. The van der Waals surface area contributed by atoms with Crippen molar-refractivity contribution in [2.75, 3.05) is 13.7 Å². The smallest absolute Gasteiger partial charge is 0.318 e. The number of hydrogen-bond acceptors (Lipinski definition) is 5. The van der Waals surface area contributed by atoms with E-state index in [0.717, 1.165) is 0 Å². The third kappa shape index (κ3) is 3.08. The van der Waals surface area contributed by atoms with Crippen LogP contribution in [0.3, 0.4) is 0 Å². The number of thiazole rings is 1. The maximum Gasteiger partial charge on any atom is 0.318 e. The van der Waals surface area contributed by atoms with E-state index >= 15 is 0 Å². The van der Waals surface area contributed by atoms with Crippen molar-refractivity contribution >= 4 is 27.5 Å². The van der Waals surface area contributed by atoms with Crippen molar-refractivity contribution in [3.63, 3.8) is 0 Å². The molecule has 6 nitrogen and oxygen atoms in total. The van der Waals surface area contributed by atoms with Gasteiger partial charge in [-0.25, -0.2) is 4.39 Å². The zero-order chi connectivity index (χ0) is 16.4. The second-order valence-corrected chi connectivity index (χ2v) is 5.87. The Kier molecular flexibility index (Phi) is 4.35. The van der Waals surface area contributed by atoms with Crippen molar-refractivity contribution in [1.29, 1.82) is 0 Å². The van der Waals surface area contributed by atoms with Crippen LogP contribution < -0.4 is 4.80 Å². The number of para-hydroxylation sites is 1. The number of rotatable bonds is 4. The van der Waals surface area contributed by atoms with Gasteiger partial charge >= 0.3 is 5.91 Å². The van der Waals surface area contributed by atoms with E-state index < -0.39 is 5.91 Å². The van der Waals surface area contributed by atoms with E-state index in [2.05, 4.69) is 10.1 Å². The van der Waals surface area contributed by atoms with Crippen LogP contribution in [0, 0.1) is 12.7 Å². The molecule has 8 heteroatoms. The Morgan fingerprint density at radius 2 is 2.35 bits per heavy atom. The number of hydrogen-bond donors (Lipinski definition) is 0. The van der Waals surface area contributed by atoms with Crippen LogP contribution in [0.25, 0.3) is 10.2 Å². The molecular weight excluding hydrogens is 321 g/mol. The normalized spacial score (nSPS) is 12.2. The Balaban J connectivity index is 2.14. The van der Waals surface area contributed by atoms with E-state index in [1.807, 2.05) is 0 Å². The van der Waals surface area contributed by atoms with Crippen LogP contribution in [-0.2, 0) is 11.3 Å². The highest BCUT2D eigenvalue weighted by molar-refractivity contribution is 7.16. The Morgan fingerprint density at radius 1 is 1.52 bits per heavy atom. The Bertz CT molecular complexity index is 926. The molecule has 0 bridgehead atoms. The van der Waals surface area contributed by atoms with Crippen molar-refractivity contribution < 1.29 is 18.4 Å². The van der Waals surface area contributed by atoms with Crippen LogP contribution in [0.5, 0.6) is 0 Å². The fourth-order valence-corrected chi connectivity index (χ4v) is 3.24. The molecule has 0 spiro atoms. The van der Waals surface area contributed by atoms with Crippen molar-refractivity contribution in [3.8, 4) is 0 Å². The van der Waals surface area contributed by atoms with Crippen molar-refractivity contribution in [2.24, 2.45) is 4.99 Å². The van der Waals surface area contributed by atoms with E-state index in [9.17, 15) is 9.18 Å². The third-order valence-electron chi connectivity index (χ3n) is 3.21. The number of carbonyl (C=O) groups excluding carboxylic acids is 1. The Labute approximate surface area is 134 Å². The quantitative estimate of drug-likeness (QED) is 0.735. The SMILES string of the molecule is COCCn1c(=NC(=O)c2cc(C)no2)sc2cccc(F)c21. The average molecular weight is 335 g/mol. The summed E-state index contributed by atoms with van der Waals surface area (Å²) in [4.78, 5) is 16.6. The van der Waals surface area contributed by atoms with Gasteiger partial charge in [-0.05, 0) is 19.1 Å². The molecule has 0 atom stereocenters. The molecule has 120 valence electrons. The monoisotopic (exact) mass is 335 g/mol. The number of ether oxygens (including phenoxy) is 1. The highest BCUT2D eigenvalue weighted by Gasteiger charge is 2.14. The number of nitrogens with zero attached hydrogens (tertiary/aromatic N) is 3. The molecule has 23 heavy (non-hydrogen) atoms. The lowest BCUT2D eigenvalue weighted by Crippen LogP contribution is -2.19. The molecule has 0 unspecified atom stereocenters. The minimum atomic E-state index is -0.552. The van der Waals surface area contributed by atoms with Crippen LogP contribution in [0.1, 0.15) is 16.2 Å². The maximum absolute atomic E-state index is 14.1. The summed E-state index contributed by atoms with van der Waals surface area (Å²) >= 11 is 1.24. The van der Waals surface area contributed by atoms with Gasteiger partial charge in [0.25, 0.3) is 0 Å². The second kappa shape index (κ2) is 6.43. The fraction of sp³-hybridized carbons (Fsp3) is 0.267. The summed E-state index contributed by atoms with van der Waals surface area (Å²) in [5, 5.41) is 3.67. The summed E-state index contributed by atoms with van der Waals surface area (Å²) in [5.41, 5.74) is 1.01. The predicted octanol–water partition coefficient (Wildman–Crippen LogP) is 2.53. The second-order valence-electron chi connectivity index (χ2n) is 4.87. The minimum absolute atomic E-state index is 0.0544. The predicted molar refractivity (Wildman–Crippen MR) is 82.8 cm³/mol. The largest absolute Gasteiger partial charge is 0.383 e. The summed E-state index contributed by atoms with van der Waals surface area (Å²) in [7, 11) is 1.56. The molecular formula is C15H14FN3O3S. The summed E-state index contributed by atoms with van der Waals surface area (Å²) in [6, 6.07) is 6.30. The molecule has 2 heterocycles. The van der Waals surface area contributed by atoms with Gasteiger partial charge in [0, 0.05) is 19.7 Å². The van der Waals surface area contributed by atoms with Crippen LogP contribution in [0.2, 0.25) is 0 Å². The van der Waals surface area contributed by atoms with Gasteiger partial charge in [-0.15, -0.1) is 0 Å². The highest BCUT2D eigenvalue weighted by Crippen LogP contribution is 2.20. The van der Waals surface area contributed by atoms with E-state index in [4.69, 9.17) is 9.26 Å².